The van der Waals surface area contributed by atoms with Gasteiger partial charge in [0.1, 0.15) is 5.56 Å². The summed E-state index contributed by atoms with van der Waals surface area (Å²) in [5.74, 6) is -1.31. The molecular formula is C17H21ClN4O4S. The molecule has 2 heterocycles. The van der Waals surface area contributed by atoms with E-state index in [0.29, 0.717) is 18.1 Å². The van der Waals surface area contributed by atoms with Crippen LogP contribution in [-0.4, -0.2) is 59.8 Å². The number of hydrogen-bond acceptors (Lipinski definition) is 5. The molecule has 0 saturated carbocycles. The minimum Gasteiger partial charge on any atom is -0.478 e. The fourth-order valence-electron chi connectivity index (χ4n) is 2.94. The highest BCUT2D eigenvalue weighted by atomic mass is 35.5. The van der Waals surface area contributed by atoms with Gasteiger partial charge in [-0.15, -0.1) is 0 Å². The SMILES string of the molecule is CC(C)n1cc(C(=O)O)c(S(=O)(=O)N2CCN(c3ccc(Cl)cc3)CC2)n1. The second-order valence-corrected chi connectivity index (χ2v) is 8.88. The van der Waals surface area contributed by atoms with Crippen LogP contribution in [0.25, 0.3) is 0 Å². The van der Waals surface area contributed by atoms with Gasteiger partial charge in [0.2, 0.25) is 5.03 Å². The smallest absolute Gasteiger partial charge is 0.340 e. The third-order valence-electron chi connectivity index (χ3n) is 4.47. The van der Waals surface area contributed by atoms with Crippen molar-refractivity contribution in [2.45, 2.75) is 24.9 Å². The molecule has 1 saturated heterocycles. The van der Waals surface area contributed by atoms with Crippen LogP contribution in [0, 0.1) is 0 Å². The van der Waals surface area contributed by atoms with Crippen LogP contribution < -0.4 is 4.90 Å². The summed E-state index contributed by atoms with van der Waals surface area (Å²) in [6, 6.07) is 7.21. The van der Waals surface area contributed by atoms with Crippen LogP contribution >= 0.6 is 11.6 Å². The molecule has 2 aromatic rings. The lowest BCUT2D eigenvalue weighted by atomic mass is 10.2. The Balaban J connectivity index is 1.81. The van der Waals surface area contributed by atoms with Gasteiger partial charge in [0.25, 0.3) is 10.0 Å². The summed E-state index contributed by atoms with van der Waals surface area (Å²) in [6.07, 6.45) is 1.27. The first kappa shape index (κ1) is 19.7. The summed E-state index contributed by atoms with van der Waals surface area (Å²) in [5, 5.41) is 13.7. The number of aromatic carboxylic acids is 1. The van der Waals surface area contributed by atoms with Crippen molar-refractivity contribution in [2.24, 2.45) is 0 Å². The Morgan fingerprint density at radius 3 is 2.26 bits per heavy atom. The molecule has 1 aliphatic heterocycles. The van der Waals surface area contributed by atoms with E-state index in [4.69, 9.17) is 11.6 Å². The number of rotatable bonds is 5. The summed E-state index contributed by atoms with van der Waals surface area (Å²) in [7, 11) is -3.99. The molecule has 146 valence electrons. The van der Waals surface area contributed by atoms with Crippen molar-refractivity contribution in [3.63, 3.8) is 0 Å². The third kappa shape index (κ3) is 3.95. The van der Waals surface area contributed by atoms with Crippen molar-refractivity contribution < 1.29 is 18.3 Å². The number of hydrogen-bond donors (Lipinski definition) is 1. The number of aromatic nitrogens is 2. The third-order valence-corrected chi connectivity index (χ3v) is 6.56. The molecule has 3 rings (SSSR count). The van der Waals surface area contributed by atoms with Gasteiger partial charge >= 0.3 is 5.97 Å². The molecule has 0 radical (unpaired) electrons. The summed E-state index contributed by atoms with van der Waals surface area (Å²) in [4.78, 5) is 13.6. The second kappa shape index (κ2) is 7.49. The molecule has 0 aliphatic carbocycles. The number of carboxylic acids is 1. The van der Waals surface area contributed by atoms with Crippen LogP contribution in [0.2, 0.25) is 5.02 Å². The monoisotopic (exact) mass is 412 g/mol. The number of benzene rings is 1. The van der Waals surface area contributed by atoms with E-state index in [9.17, 15) is 18.3 Å². The molecule has 8 nitrogen and oxygen atoms in total. The average molecular weight is 413 g/mol. The van der Waals surface area contributed by atoms with Gasteiger partial charge in [-0.1, -0.05) is 11.6 Å². The first-order valence-corrected chi connectivity index (χ1v) is 10.3. The average Bonchev–Trinajstić information content (AvgIpc) is 3.09. The van der Waals surface area contributed by atoms with Gasteiger partial charge in [0.05, 0.1) is 0 Å². The zero-order chi connectivity index (χ0) is 19.8. The van der Waals surface area contributed by atoms with E-state index in [-0.39, 0.29) is 24.7 Å². The molecule has 1 fully saturated rings. The maximum atomic E-state index is 13.0. The lowest BCUT2D eigenvalue weighted by Crippen LogP contribution is -2.49. The van der Waals surface area contributed by atoms with Crippen molar-refractivity contribution in [3.8, 4) is 0 Å². The Morgan fingerprint density at radius 2 is 1.74 bits per heavy atom. The maximum Gasteiger partial charge on any atom is 0.340 e. The Bertz CT molecular complexity index is 932. The minimum absolute atomic E-state index is 0.145. The largest absolute Gasteiger partial charge is 0.478 e. The molecule has 1 aliphatic rings. The molecule has 1 aromatic carbocycles. The fraction of sp³-hybridized carbons (Fsp3) is 0.412. The van der Waals surface area contributed by atoms with E-state index < -0.39 is 21.0 Å². The minimum atomic E-state index is -3.99. The molecule has 0 bridgehead atoms. The molecule has 27 heavy (non-hydrogen) atoms. The highest BCUT2D eigenvalue weighted by Gasteiger charge is 2.35. The molecule has 10 heteroatoms. The van der Waals surface area contributed by atoms with E-state index >= 15 is 0 Å². The molecule has 0 spiro atoms. The van der Waals surface area contributed by atoms with Crippen LogP contribution in [0.4, 0.5) is 5.69 Å². The molecular weight excluding hydrogens is 392 g/mol. The predicted molar refractivity (Wildman–Crippen MR) is 102 cm³/mol. The van der Waals surface area contributed by atoms with Crippen molar-refractivity contribution in [1.29, 1.82) is 0 Å². The van der Waals surface area contributed by atoms with Crippen molar-refractivity contribution in [1.82, 2.24) is 14.1 Å². The Labute approximate surface area is 163 Å². The lowest BCUT2D eigenvalue weighted by Gasteiger charge is -2.35. The van der Waals surface area contributed by atoms with E-state index in [1.54, 1.807) is 26.0 Å². The number of piperazine rings is 1. The standard InChI is InChI=1S/C17H21ClN4O4S/c1-12(2)22-11-15(17(23)24)16(19-22)27(25,26)21-9-7-20(8-10-21)14-5-3-13(18)4-6-14/h3-6,11-12H,7-10H2,1-2H3,(H,23,24). The first-order valence-electron chi connectivity index (χ1n) is 8.53. The van der Waals surface area contributed by atoms with Gasteiger partial charge in [-0.25, -0.2) is 13.2 Å². The molecule has 0 amide bonds. The van der Waals surface area contributed by atoms with E-state index in [0.717, 1.165) is 5.69 Å². The van der Waals surface area contributed by atoms with Crippen LogP contribution in [0.1, 0.15) is 30.2 Å². The van der Waals surface area contributed by atoms with Gasteiger partial charge in [0, 0.05) is 49.1 Å². The lowest BCUT2D eigenvalue weighted by molar-refractivity contribution is 0.0692. The highest BCUT2D eigenvalue weighted by molar-refractivity contribution is 7.89. The molecule has 0 atom stereocenters. The Morgan fingerprint density at radius 1 is 1.15 bits per heavy atom. The van der Waals surface area contributed by atoms with Crippen molar-refractivity contribution >= 4 is 33.3 Å². The Hall–Kier alpha value is -2.10. The molecule has 1 aromatic heterocycles. The number of carbonyl (C=O) groups is 1. The van der Waals surface area contributed by atoms with Gasteiger partial charge in [-0.2, -0.15) is 9.40 Å². The van der Waals surface area contributed by atoms with E-state index in [1.165, 1.54) is 15.2 Å². The van der Waals surface area contributed by atoms with Crippen LogP contribution in [0.3, 0.4) is 0 Å². The van der Waals surface area contributed by atoms with Crippen LogP contribution in [0.5, 0.6) is 0 Å². The van der Waals surface area contributed by atoms with Crippen LogP contribution in [0.15, 0.2) is 35.5 Å². The highest BCUT2D eigenvalue weighted by Crippen LogP contribution is 2.24. The number of halogens is 1. The summed E-state index contributed by atoms with van der Waals surface area (Å²) >= 11 is 5.90. The molecule has 0 unspecified atom stereocenters. The topological polar surface area (TPSA) is 95.7 Å². The number of anilines is 1. The van der Waals surface area contributed by atoms with E-state index in [2.05, 4.69) is 10.00 Å². The molecule has 1 N–H and O–H groups in total. The second-order valence-electron chi connectivity index (χ2n) is 6.59. The van der Waals surface area contributed by atoms with Gasteiger partial charge < -0.3 is 10.0 Å². The number of nitrogens with zero attached hydrogens (tertiary/aromatic N) is 4. The van der Waals surface area contributed by atoms with Crippen molar-refractivity contribution in [3.05, 3.63) is 41.0 Å². The predicted octanol–water partition coefficient (Wildman–Crippen LogP) is 2.33. The zero-order valence-corrected chi connectivity index (χ0v) is 16.6. The van der Waals surface area contributed by atoms with Crippen LogP contribution in [-0.2, 0) is 10.0 Å². The van der Waals surface area contributed by atoms with Crippen molar-refractivity contribution in [2.75, 3.05) is 31.1 Å². The number of carboxylic acid groups (broad SMARTS) is 1. The van der Waals surface area contributed by atoms with Gasteiger partial charge in [-0.3, -0.25) is 4.68 Å². The number of sulfonamides is 1. The summed E-state index contributed by atoms with van der Waals surface area (Å²) < 4.78 is 28.6. The quantitative estimate of drug-likeness (QED) is 0.809. The Kier molecular flexibility index (Phi) is 5.45. The summed E-state index contributed by atoms with van der Waals surface area (Å²) in [6.45, 7) is 5.10. The zero-order valence-electron chi connectivity index (χ0n) is 15.0. The van der Waals surface area contributed by atoms with Gasteiger partial charge in [0.15, 0.2) is 0 Å². The summed E-state index contributed by atoms with van der Waals surface area (Å²) in [5.41, 5.74) is 0.663. The van der Waals surface area contributed by atoms with Gasteiger partial charge in [-0.05, 0) is 38.1 Å². The normalized spacial score (nSPS) is 16.1. The van der Waals surface area contributed by atoms with E-state index in [1.807, 2.05) is 12.1 Å². The fourth-order valence-corrected chi connectivity index (χ4v) is 4.57. The maximum absolute atomic E-state index is 13.0. The first-order chi connectivity index (χ1) is 12.7.